The van der Waals surface area contributed by atoms with Crippen molar-refractivity contribution in [2.24, 2.45) is 16.0 Å². The lowest BCUT2D eigenvalue weighted by Crippen LogP contribution is -2.53. The lowest BCUT2D eigenvalue weighted by molar-refractivity contribution is -0.742. The molecular formula is C13H17N8O7S+. The highest BCUT2D eigenvalue weighted by molar-refractivity contribution is 7.90. The summed E-state index contributed by atoms with van der Waals surface area (Å²) >= 11 is 0. The topological polar surface area (TPSA) is 241 Å². The van der Waals surface area contributed by atoms with Crippen LogP contribution in [0.2, 0.25) is 0 Å². The first kappa shape index (κ1) is 23.0. The molecule has 0 unspecified atom stereocenters. The highest BCUT2D eigenvalue weighted by atomic mass is 32.2. The third-order valence-corrected chi connectivity index (χ3v) is 4.44. The van der Waals surface area contributed by atoms with Crippen molar-refractivity contribution in [3.63, 3.8) is 0 Å². The van der Waals surface area contributed by atoms with Crippen LogP contribution in [0.4, 0.5) is 11.4 Å². The van der Waals surface area contributed by atoms with Crippen molar-refractivity contribution in [2.75, 3.05) is 0 Å². The van der Waals surface area contributed by atoms with Crippen LogP contribution in [0.25, 0.3) is 0 Å². The number of aromatic nitrogens is 2. The molecule has 1 aromatic heterocycles. The Balaban J connectivity index is 0.000000960. The van der Waals surface area contributed by atoms with Gasteiger partial charge < -0.3 is 5.21 Å². The minimum atomic E-state index is -3.92. The van der Waals surface area contributed by atoms with E-state index in [9.17, 15) is 18.0 Å². The van der Waals surface area contributed by atoms with Gasteiger partial charge in [-0.1, -0.05) is 4.68 Å². The number of azo groups is 1. The van der Waals surface area contributed by atoms with Crippen molar-refractivity contribution in [1.82, 2.24) is 14.5 Å². The zero-order chi connectivity index (χ0) is 22.4. The highest BCUT2D eigenvalue weighted by Gasteiger charge is 2.17. The van der Waals surface area contributed by atoms with Crippen LogP contribution in [-0.2, 0) is 14.8 Å². The molecule has 1 heterocycles. The lowest BCUT2D eigenvalue weighted by Gasteiger charge is -2.04. The van der Waals surface area contributed by atoms with Crippen molar-refractivity contribution in [1.29, 1.82) is 0 Å². The van der Waals surface area contributed by atoms with E-state index in [1.165, 1.54) is 24.3 Å². The number of H-pyrrole nitrogens is 1. The van der Waals surface area contributed by atoms with Crippen LogP contribution in [0.3, 0.4) is 0 Å². The fraction of sp³-hybridized carbons (Fsp3) is 0.154. The normalized spacial score (nSPS) is 10.8. The van der Waals surface area contributed by atoms with Crippen LogP contribution < -0.4 is 21.4 Å². The molecule has 0 atom stereocenters. The predicted molar refractivity (Wildman–Crippen MR) is 96.7 cm³/mol. The fourth-order valence-corrected chi connectivity index (χ4v) is 2.88. The first-order valence-corrected chi connectivity index (χ1v) is 8.91. The number of benzene rings is 1. The summed E-state index contributed by atoms with van der Waals surface area (Å²) < 4.78 is 26.4. The SMILES string of the molecule is CC(=O)NS(=O)(=O)c1ccc(N=Nc2c(C)[nH]n(C(N)=[NH2+])c2=O)cc1.O=[N+]([O-])O. The third kappa shape index (κ3) is 6.54. The van der Waals surface area contributed by atoms with E-state index >= 15 is 0 Å². The molecule has 29 heavy (non-hydrogen) atoms. The van der Waals surface area contributed by atoms with Gasteiger partial charge in [-0.2, -0.15) is 5.11 Å². The smallest absolute Gasteiger partial charge is 0.328 e. The number of hydrogen-bond donors (Lipinski definition) is 5. The second-order valence-electron chi connectivity index (χ2n) is 5.24. The van der Waals surface area contributed by atoms with E-state index in [0.717, 1.165) is 11.6 Å². The van der Waals surface area contributed by atoms with Crippen LogP contribution in [0, 0.1) is 17.0 Å². The molecule has 0 spiro atoms. The van der Waals surface area contributed by atoms with Gasteiger partial charge in [0.25, 0.3) is 15.1 Å². The van der Waals surface area contributed by atoms with Crippen molar-refractivity contribution in [3.05, 3.63) is 50.4 Å². The Morgan fingerprint density at radius 3 is 2.28 bits per heavy atom. The Morgan fingerprint density at radius 1 is 1.34 bits per heavy atom. The fourth-order valence-electron chi connectivity index (χ4n) is 1.89. The predicted octanol–water partition coefficient (Wildman–Crippen LogP) is -1.70. The van der Waals surface area contributed by atoms with E-state index in [0.29, 0.717) is 11.4 Å². The molecule has 15 nitrogen and oxygen atoms in total. The molecule has 0 aliphatic heterocycles. The number of aromatic amines is 1. The quantitative estimate of drug-likeness (QED) is 0.123. The largest absolute Gasteiger partial charge is 0.371 e. The molecule has 0 saturated carbocycles. The number of carbonyl (C=O) groups is 1. The number of amides is 1. The maximum atomic E-state index is 12.0. The average molecular weight is 429 g/mol. The van der Waals surface area contributed by atoms with Gasteiger partial charge in [0.2, 0.25) is 5.91 Å². The van der Waals surface area contributed by atoms with Gasteiger partial charge >= 0.3 is 11.5 Å². The number of aryl methyl sites for hydroxylation is 1. The molecule has 0 fully saturated rings. The summed E-state index contributed by atoms with van der Waals surface area (Å²) in [5.41, 5.74) is 5.53. The first-order chi connectivity index (χ1) is 13.3. The number of nitrogens with two attached hydrogens (primary N) is 2. The average Bonchev–Trinajstić information content (AvgIpc) is 2.86. The summed E-state index contributed by atoms with van der Waals surface area (Å²) in [6.45, 7) is 2.69. The van der Waals surface area contributed by atoms with E-state index in [2.05, 4.69) is 15.3 Å². The molecule has 0 radical (unpaired) electrons. The second kappa shape index (κ2) is 9.22. The van der Waals surface area contributed by atoms with E-state index in [1.807, 2.05) is 4.72 Å². The summed E-state index contributed by atoms with van der Waals surface area (Å²) in [5, 5.41) is 29.4. The van der Waals surface area contributed by atoms with Crippen LogP contribution >= 0.6 is 0 Å². The molecule has 1 amide bonds. The number of sulfonamides is 1. The Kier molecular flexibility index (Phi) is 7.30. The molecule has 0 aliphatic carbocycles. The van der Waals surface area contributed by atoms with Crippen molar-refractivity contribution < 1.29 is 28.9 Å². The zero-order valence-corrected chi connectivity index (χ0v) is 15.9. The van der Waals surface area contributed by atoms with Gasteiger partial charge in [-0.25, -0.2) is 23.0 Å². The maximum Gasteiger partial charge on any atom is 0.371 e. The van der Waals surface area contributed by atoms with Gasteiger partial charge in [-0.05, 0) is 31.2 Å². The van der Waals surface area contributed by atoms with Crippen LogP contribution in [0.15, 0.2) is 44.2 Å². The Morgan fingerprint density at radius 2 is 1.86 bits per heavy atom. The standard InChI is InChI=1S/C13H15N7O4S.HNO3/c1-7-11(12(22)20(18-7)13(14)15)17-16-9-3-5-10(6-4-9)25(23,24)19-8(2)21;2-1(3)4/h3-6,18H,1-2H3,(H3,14,15)(H,19,21);(H,2,3,4)/p+1. The van der Waals surface area contributed by atoms with Gasteiger partial charge in [0, 0.05) is 6.92 Å². The summed E-state index contributed by atoms with van der Waals surface area (Å²) in [6, 6.07) is 5.27. The molecule has 16 heteroatoms. The Hall–Kier alpha value is -4.08. The van der Waals surface area contributed by atoms with Crippen molar-refractivity contribution in [3.8, 4) is 0 Å². The maximum absolute atomic E-state index is 12.0. The van der Waals surface area contributed by atoms with E-state index < -0.39 is 26.6 Å². The van der Waals surface area contributed by atoms with Crippen molar-refractivity contribution >= 4 is 33.3 Å². The van der Waals surface area contributed by atoms with Gasteiger partial charge in [-0.3, -0.25) is 15.9 Å². The van der Waals surface area contributed by atoms with E-state index in [-0.39, 0.29) is 16.5 Å². The minimum Gasteiger partial charge on any atom is -0.328 e. The molecule has 2 aromatic rings. The minimum absolute atomic E-state index is 0.0170. The summed E-state index contributed by atoms with van der Waals surface area (Å²) in [4.78, 5) is 31.2. The van der Waals surface area contributed by atoms with E-state index in [1.54, 1.807) is 6.92 Å². The molecule has 7 N–H and O–H groups in total. The highest BCUT2D eigenvalue weighted by Crippen LogP contribution is 2.19. The van der Waals surface area contributed by atoms with Gasteiger partial charge in [0.05, 0.1) is 16.3 Å². The Labute approximate surface area is 162 Å². The molecule has 1 aromatic carbocycles. The number of carbonyl (C=O) groups excluding carboxylic acids is 1. The number of hydrogen-bond acceptors (Lipinski definition) is 8. The first-order valence-electron chi connectivity index (χ1n) is 7.43. The number of nitrogens with one attached hydrogen (secondary N) is 2. The Bertz CT molecular complexity index is 1110. The summed E-state index contributed by atoms with van der Waals surface area (Å²) in [7, 11) is -3.92. The van der Waals surface area contributed by atoms with Gasteiger partial charge in [0.1, 0.15) is 0 Å². The van der Waals surface area contributed by atoms with Crippen LogP contribution in [-0.4, -0.2) is 40.4 Å². The number of nitrogens with zero attached hydrogens (tertiary/aromatic N) is 4. The molecule has 2 rings (SSSR count). The van der Waals surface area contributed by atoms with E-state index in [4.69, 9.17) is 26.5 Å². The zero-order valence-electron chi connectivity index (χ0n) is 15.1. The lowest BCUT2D eigenvalue weighted by atomic mass is 10.3. The monoisotopic (exact) mass is 429 g/mol. The molecular weight excluding hydrogens is 412 g/mol. The van der Waals surface area contributed by atoms with Gasteiger partial charge in [0.15, 0.2) is 5.69 Å². The number of rotatable bonds is 4. The molecule has 0 bridgehead atoms. The summed E-state index contributed by atoms with van der Waals surface area (Å²) in [5.74, 6) is -0.930. The molecule has 0 aliphatic rings. The van der Waals surface area contributed by atoms with Crippen LogP contribution in [0.5, 0.6) is 0 Å². The molecule has 0 saturated heterocycles. The molecule has 156 valence electrons. The van der Waals surface area contributed by atoms with Crippen molar-refractivity contribution in [2.45, 2.75) is 18.7 Å². The second-order valence-corrected chi connectivity index (χ2v) is 6.93. The third-order valence-electron chi connectivity index (χ3n) is 2.99. The van der Waals surface area contributed by atoms with Gasteiger partial charge in [-0.15, -0.1) is 15.2 Å². The van der Waals surface area contributed by atoms with Crippen LogP contribution in [0.1, 0.15) is 12.6 Å². The summed E-state index contributed by atoms with van der Waals surface area (Å²) in [6.07, 6.45) is 0.